The van der Waals surface area contributed by atoms with Gasteiger partial charge in [-0.25, -0.2) is 0 Å². The van der Waals surface area contributed by atoms with Gasteiger partial charge in [0.1, 0.15) is 22.3 Å². The molecule has 2 heterocycles. The molecule has 0 spiro atoms. The van der Waals surface area contributed by atoms with E-state index in [0.29, 0.717) is 0 Å². The molecule has 3 nitrogen and oxygen atoms in total. The van der Waals surface area contributed by atoms with Crippen molar-refractivity contribution in [2.75, 3.05) is 4.90 Å². The molecule has 0 aliphatic heterocycles. The molecule has 0 N–H and O–H groups in total. The van der Waals surface area contributed by atoms with Gasteiger partial charge in [-0.15, -0.1) is 0 Å². The van der Waals surface area contributed by atoms with Crippen molar-refractivity contribution in [2.45, 2.75) is 38.5 Å². The maximum atomic E-state index is 6.94. The van der Waals surface area contributed by atoms with Gasteiger partial charge in [0.25, 0.3) is 0 Å². The zero-order valence-electron chi connectivity index (χ0n) is 31.2. The molecule has 2 aliphatic rings. The Balaban J connectivity index is 1.11. The maximum absolute atomic E-state index is 6.94. The van der Waals surface area contributed by atoms with Crippen LogP contribution < -0.4 is 4.90 Å². The normalized spacial score (nSPS) is 14.8. The molecule has 0 fully saturated rings. The number of fused-ring (bicyclic) bond motifs is 16. The van der Waals surface area contributed by atoms with E-state index in [1.54, 1.807) is 0 Å². The van der Waals surface area contributed by atoms with Crippen molar-refractivity contribution in [1.82, 2.24) is 0 Å². The first-order valence-electron chi connectivity index (χ1n) is 19.3. The first-order valence-corrected chi connectivity index (χ1v) is 19.3. The molecule has 0 bridgehead atoms. The lowest BCUT2D eigenvalue weighted by molar-refractivity contribution is 0.660. The number of hydrogen-bond acceptors (Lipinski definition) is 3. The van der Waals surface area contributed by atoms with Gasteiger partial charge >= 0.3 is 0 Å². The van der Waals surface area contributed by atoms with Gasteiger partial charge in [0.05, 0.1) is 5.39 Å². The average molecular weight is 708 g/mol. The number of para-hydroxylation sites is 1. The van der Waals surface area contributed by atoms with E-state index in [1.807, 2.05) is 6.07 Å². The van der Waals surface area contributed by atoms with Crippen molar-refractivity contribution in [3.05, 3.63) is 174 Å². The summed E-state index contributed by atoms with van der Waals surface area (Å²) in [7, 11) is 0. The summed E-state index contributed by atoms with van der Waals surface area (Å²) in [5.41, 5.74) is 17.2. The fourth-order valence-corrected chi connectivity index (χ4v) is 10.1. The van der Waals surface area contributed by atoms with Crippen LogP contribution in [-0.2, 0) is 10.8 Å². The second-order valence-electron chi connectivity index (χ2n) is 16.5. The van der Waals surface area contributed by atoms with Crippen LogP contribution >= 0.6 is 0 Å². The predicted molar refractivity (Wildman–Crippen MR) is 228 cm³/mol. The summed E-state index contributed by atoms with van der Waals surface area (Å²) in [6, 6.07) is 55.4. The van der Waals surface area contributed by atoms with Crippen molar-refractivity contribution in [3.8, 4) is 22.3 Å². The van der Waals surface area contributed by atoms with E-state index in [2.05, 4.69) is 178 Å². The van der Waals surface area contributed by atoms with Gasteiger partial charge in [-0.05, 0) is 92.4 Å². The highest BCUT2D eigenvalue weighted by Gasteiger charge is 2.38. The molecule has 0 saturated carbocycles. The molecule has 2 aromatic heterocycles. The summed E-state index contributed by atoms with van der Waals surface area (Å²) in [4.78, 5) is 2.42. The number of rotatable bonds is 3. The first kappa shape index (κ1) is 30.8. The molecule has 0 atom stereocenters. The number of benzene rings is 8. The van der Waals surface area contributed by atoms with Crippen LogP contribution in [0.5, 0.6) is 0 Å². The number of nitrogens with zero attached hydrogens (tertiary/aromatic N) is 1. The van der Waals surface area contributed by atoms with Crippen molar-refractivity contribution in [2.24, 2.45) is 0 Å². The maximum Gasteiger partial charge on any atom is 0.147 e. The molecule has 0 saturated heterocycles. The van der Waals surface area contributed by atoms with Gasteiger partial charge < -0.3 is 13.7 Å². The lowest BCUT2D eigenvalue weighted by atomic mass is 9.82. The third-order valence-corrected chi connectivity index (χ3v) is 12.8. The highest BCUT2D eigenvalue weighted by Crippen LogP contribution is 2.54. The molecule has 0 amide bonds. The van der Waals surface area contributed by atoms with E-state index < -0.39 is 0 Å². The van der Waals surface area contributed by atoms with Crippen LogP contribution in [0.3, 0.4) is 0 Å². The van der Waals surface area contributed by atoms with E-state index in [9.17, 15) is 0 Å². The zero-order chi connectivity index (χ0) is 36.8. The lowest BCUT2D eigenvalue weighted by Crippen LogP contribution is -2.18. The standard InChI is InChI=1S/C52H37NO2/c1-51(2)41-18-10-7-13-33(41)35-24-21-30(27-43(35)51)53(31-22-25-36-34-14-8-11-19-42(34)52(3,4)44(36)28-31)32-23-26-40-46(29-32)55-49-38-16-6-5-15-37(38)47-39-17-9-12-20-45(39)54-50(47)48(40)49/h5-29H,1-4H3. The topological polar surface area (TPSA) is 29.5 Å². The molecule has 0 radical (unpaired) electrons. The Morgan fingerprint density at radius 1 is 0.364 bits per heavy atom. The smallest absolute Gasteiger partial charge is 0.147 e. The van der Waals surface area contributed by atoms with Crippen LogP contribution in [0, 0.1) is 0 Å². The highest BCUT2D eigenvalue weighted by atomic mass is 16.3. The predicted octanol–water partition coefficient (Wildman–Crippen LogP) is 14.7. The number of anilines is 3. The molecular formula is C52H37NO2. The van der Waals surface area contributed by atoms with E-state index in [0.717, 1.165) is 71.7 Å². The van der Waals surface area contributed by atoms with E-state index >= 15 is 0 Å². The fraction of sp³-hybridized carbons (Fsp3) is 0.115. The Bertz CT molecular complexity index is 3170. The molecule has 8 aromatic carbocycles. The van der Waals surface area contributed by atoms with E-state index in [4.69, 9.17) is 8.83 Å². The summed E-state index contributed by atoms with van der Waals surface area (Å²) >= 11 is 0. The SMILES string of the molecule is CC1(C)c2ccccc2-c2ccc(N(c3ccc4c(c3)C(C)(C)c3ccccc3-4)c3ccc4c(c3)oc3c5ccccc5c5c6ccccc6oc5c43)cc21. The van der Waals surface area contributed by atoms with E-state index in [1.165, 1.54) is 44.5 Å². The van der Waals surface area contributed by atoms with Crippen molar-refractivity contribution in [1.29, 1.82) is 0 Å². The summed E-state index contributed by atoms with van der Waals surface area (Å²) < 4.78 is 13.6. The average Bonchev–Trinajstić information content (AvgIpc) is 3.91. The molecule has 10 aromatic rings. The highest BCUT2D eigenvalue weighted by molar-refractivity contribution is 6.33. The van der Waals surface area contributed by atoms with Gasteiger partial charge in [0, 0.05) is 55.5 Å². The third kappa shape index (κ3) is 4.00. The summed E-state index contributed by atoms with van der Waals surface area (Å²) in [5.74, 6) is 0. The third-order valence-electron chi connectivity index (χ3n) is 12.8. The van der Waals surface area contributed by atoms with Gasteiger partial charge in [-0.1, -0.05) is 131 Å². The van der Waals surface area contributed by atoms with Crippen LogP contribution in [0.2, 0.25) is 0 Å². The van der Waals surface area contributed by atoms with Crippen molar-refractivity contribution in [3.63, 3.8) is 0 Å². The summed E-state index contributed by atoms with van der Waals surface area (Å²) in [5, 5.41) is 6.55. The van der Waals surface area contributed by atoms with Crippen LogP contribution in [0.4, 0.5) is 17.1 Å². The molecule has 55 heavy (non-hydrogen) atoms. The minimum Gasteiger partial charge on any atom is -0.455 e. The Morgan fingerprint density at radius 2 is 0.836 bits per heavy atom. The Hall–Kier alpha value is -6.58. The minimum atomic E-state index is -0.128. The Kier molecular flexibility index (Phi) is 5.91. The summed E-state index contributed by atoms with van der Waals surface area (Å²) in [6.45, 7) is 9.41. The van der Waals surface area contributed by atoms with Crippen LogP contribution in [-0.4, -0.2) is 0 Å². The molecule has 0 unspecified atom stereocenters. The van der Waals surface area contributed by atoms with Gasteiger partial charge in [-0.3, -0.25) is 0 Å². The Morgan fingerprint density at radius 3 is 1.49 bits per heavy atom. The van der Waals surface area contributed by atoms with Crippen LogP contribution in [0.1, 0.15) is 49.9 Å². The Labute approximate surface area is 319 Å². The fourth-order valence-electron chi connectivity index (χ4n) is 10.1. The van der Waals surface area contributed by atoms with Gasteiger partial charge in [0.2, 0.25) is 0 Å². The molecule has 2 aliphatic carbocycles. The number of furan rings is 2. The van der Waals surface area contributed by atoms with Crippen LogP contribution in [0.25, 0.3) is 76.9 Å². The van der Waals surface area contributed by atoms with Crippen molar-refractivity contribution < 1.29 is 8.83 Å². The largest absolute Gasteiger partial charge is 0.455 e. The molecule has 3 heteroatoms. The monoisotopic (exact) mass is 707 g/mol. The molecular weight excluding hydrogens is 671 g/mol. The minimum absolute atomic E-state index is 0.128. The first-order chi connectivity index (χ1) is 26.8. The zero-order valence-corrected chi connectivity index (χ0v) is 31.2. The van der Waals surface area contributed by atoms with Gasteiger partial charge in [-0.2, -0.15) is 0 Å². The van der Waals surface area contributed by atoms with Gasteiger partial charge in [0.15, 0.2) is 0 Å². The van der Waals surface area contributed by atoms with Crippen molar-refractivity contribution >= 4 is 71.7 Å². The van der Waals surface area contributed by atoms with Crippen LogP contribution in [0.15, 0.2) is 160 Å². The second-order valence-corrected chi connectivity index (χ2v) is 16.5. The number of hydrogen-bond donors (Lipinski definition) is 0. The lowest BCUT2D eigenvalue weighted by Gasteiger charge is -2.29. The second kappa shape index (κ2) is 10.5. The van der Waals surface area contributed by atoms with E-state index in [-0.39, 0.29) is 10.8 Å². The quantitative estimate of drug-likeness (QED) is 0.183. The molecule has 12 rings (SSSR count). The molecule has 262 valence electrons. The summed E-state index contributed by atoms with van der Waals surface area (Å²) in [6.07, 6.45) is 0.